The van der Waals surface area contributed by atoms with E-state index < -0.39 is 17.7 Å². The van der Waals surface area contributed by atoms with Crippen LogP contribution in [0.4, 0.5) is 16.2 Å². The number of para-hydroxylation sites is 1. The summed E-state index contributed by atoms with van der Waals surface area (Å²) in [7, 11) is 1.52. The lowest BCUT2D eigenvalue weighted by Gasteiger charge is -2.44. The third kappa shape index (κ3) is 3.39. The van der Waals surface area contributed by atoms with Crippen molar-refractivity contribution in [3.8, 4) is 5.75 Å². The fourth-order valence-electron chi connectivity index (χ4n) is 4.41. The zero-order valence-corrected chi connectivity index (χ0v) is 17.2. The van der Waals surface area contributed by atoms with Gasteiger partial charge >= 0.3 is 6.03 Å². The van der Waals surface area contributed by atoms with Crippen LogP contribution in [0.25, 0.3) is 0 Å². The number of rotatable bonds is 4. The molecule has 1 saturated carbocycles. The molecule has 1 fully saturated rings. The molecule has 1 aliphatic heterocycles. The summed E-state index contributed by atoms with van der Waals surface area (Å²) in [6.45, 7) is 2.11. The first-order chi connectivity index (χ1) is 14.4. The fourth-order valence-corrected chi connectivity index (χ4v) is 4.41. The third-order valence-electron chi connectivity index (χ3n) is 6.13. The van der Waals surface area contributed by atoms with Gasteiger partial charge in [-0.1, -0.05) is 44.0 Å². The van der Waals surface area contributed by atoms with E-state index in [0.717, 1.165) is 30.6 Å². The van der Waals surface area contributed by atoms with Gasteiger partial charge in [0.15, 0.2) is 0 Å². The van der Waals surface area contributed by atoms with Gasteiger partial charge in [-0.05, 0) is 37.0 Å². The minimum atomic E-state index is -2.19. The second-order valence-corrected chi connectivity index (χ2v) is 8.03. The molecule has 3 amide bonds. The van der Waals surface area contributed by atoms with Crippen LogP contribution < -0.4 is 20.3 Å². The van der Waals surface area contributed by atoms with Gasteiger partial charge in [0.25, 0.3) is 11.6 Å². The Morgan fingerprint density at radius 3 is 2.73 bits per heavy atom. The highest BCUT2D eigenvalue weighted by atomic mass is 16.5. The number of anilines is 2. The highest BCUT2D eigenvalue weighted by molar-refractivity contribution is 6.11. The molecule has 0 saturated heterocycles. The molecule has 158 valence electrons. The average Bonchev–Trinajstić information content (AvgIpc) is 2.75. The van der Waals surface area contributed by atoms with Gasteiger partial charge in [0.05, 0.1) is 18.5 Å². The topological polar surface area (TPSA) is 90.9 Å². The van der Waals surface area contributed by atoms with Gasteiger partial charge in [-0.2, -0.15) is 0 Å². The SMILES string of the molecule is COc1cccc(N2C(=O)Nc3ccccc3[C@@]2(O)C(=O)N[C@@H]2CCCC[C@H]2C)c1. The Morgan fingerprint density at radius 2 is 1.97 bits per heavy atom. The molecule has 0 spiro atoms. The number of urea groups is 1. The standard InChI is InChI=1S/C23H27N3O4/c1-15-8-3-5-12-19(15)24-21(27)23(29)18-11-4-6-13-20(18)25-22(28)26(23)16-9-7-10-17(14-16)30-2/h4,6-7,9-11,13-15,19,29H,3,5,8,12H2,1-2H3,(H,24,27)(H,25,28)/t15-,19-,23-/m1/s1. The molecular weight excluding hydrogens is 382 g/mol. The molecule has 1 heterocycles. The number of carbonyl (C=O) groups excluding carboxylic acids is 2. The molecule has 7 nitrogen and oxygen atoms in total. The minimum absolute atomic E-state index is 0.0421. The van der Waals surface area contributed by atoms with Crippen LogP contribution in [0.15, 0.2) is 48.5 Å². The number of ether oxygens (including phenoxy) is 1. The van der Waals surface area contributed by atoms with E-state index in [1.165, 1.54) is 7.11 Å². The molecule has 3 atom stereocenters. The molecule has 2 aromatic carbocycles. The number of aliphatic hydroxyl groups is 1. The first-order valence-electron chi connectivity index (χ1n) is 10.3. The van der Waals surface area contributed by atoms with E-state index in [1.807, 2.05) is 0 Å². The van der Waals surface area contributed by atoms with Crippen molar-refractivity contribution < 1.29 is 19.4 Å². The van der Waals surface area contributed by atoms with Crippen LogP contribution in [0, 0.1) is 5.92 Å². The fraction of sp³-hybridized carbons (Fsp3) is 0.391. The smallest absolute Gasteiger partial charge is 0.329 e. The Morgan fingerprint density at radius 1 is 1.20 bits per heavy atom. The molecule has 30 heavy (non-hydrogen) atoms. The van der Waals surface area contributed by atoms with Crippen LogP contribution in [-0.4, -0.2) is 30.2 Å². The van der Waals surface area contributed by atoms with Crippen LogP contribution in [0.1, 0.15) is 38.2 Å². The Hall–Kier alpha value is -3.06. The lowest BCUT2D eigenvalue weighted by Crippen LogP contribution is -2.64. The first kappa shape index (κ1) is 20.2. The number of benzene rings is 2. The van der Waals surface area contributed by atoms with Crippen molar-refractivity contribution in [2.45, 2.75) is 44.4 Å². The van der Waals surface area contributed by atoms with E-state index in [9.17, 15) is 14.7 Å². The van der Waals surface area contributed by atoms with E-state index in [1.54, 1.807) is 48.5 Å². The number of nitrogens with one attached hydrogen (secondary N) is 2. The summed E-state index contributed by atoms with van der Waals surface area (Å²) in [5.74, 6) is 0.221. The third-order valence-corrected chi connectivity index (χ3v) is 6.13. The van der Waals surface area contributed by atoms with Gasteiger partial charge in [0.1, 0.15) is 5.75 Å². The maximum Gasteiger partial charge on any atom is 0.329 e. The van der Waals surface area contributed by atoms with Crippen LogP contribution >= 0.6 is 0 Å². The summed E-state index contributed by atoms with van der Waals surface area (Å²) in [5, 5.41) is 17.7. The molecule has 0 radical (unpaired) electrons. The number of hydrogen-bond donors (Lipinski definition) is 3. The van der Waals surface area contributed by atoms with Gasteiger partial charge in [-0.25, -0.2) is 4.79 Å². The number of fused-ring (bicyclic) bond motifs is 1. The average molecular weight is 409 g/mol. The predicted octanol–water partition coefficient (Wildman–Crippen LogP) is 3.59. The van der Waals surface area contributed by atoms with Crippen LogP contribution in [-0.2, 0) is 10.5 Å². The lowest BCUT2D eigenvalue weighted by atomic mass is 9.85. The Labute approximate surface area is 176 Å². The molecule has 1 aliphatic carbocycles. The highest BCUT2D eigenvalue weighted by Crippen LogP contribution is 2.41. The molecule has 0 bridgehead atoms. The van der Waals surface area contributed by atoms with Crippen molar-refractivity contribution in [3.05, 3.63) is 54.1 Å². The van der Waals surface area contributed by atoms with E-state index >= 15 is 0 Å². The van der Waals surface area contributed by atoms with Gasteiger partial charge in [0.2, 0.25) is 0 Å². The molecule has 3 N–H and O–H groups in total. The monoisotopic (exact) mass is 409 g/mol. The van der Waals surface area contributed by atoms with Crippen LogP contribution in [0.5, 0.6) is 5.75 Å². The highest BCUT2D eigenvalue weighted by Gasteiger charge is 2.52. The first-order valence-corrected chi connectivity index (χ1v) is 10.3. The van der Waals surface area contributed by atoms with Crippen molar-refractivity contribution >= 4 is 23.3 Å². The zero-order valence-electron chi connectivity index (χ0n) is 17.2. The number of amides is 3. The summed E-state index contributed by atoms with van der Waals surface area (Å²) in [4.78, 5) is 27.7. The van der Waals surface area contributed by atoms with Gasteiger partial charge in [-0.3, -0.25) is 9.69 Å². The summed E-state index contributed by atoms with van der Waals surface area (Å²) in [5.41, 5.74) is -1.09. The van der Waals surface area contributed by atoms with Gasteiger partial charge < -0.3 is 20.5 Å². The van der Waals surface area contributed by atoms with Crippen LogP contribution in [0.3, 0.4) is 0 Å². The summed E-state index contributed by atoms with van der Waals surface area (Å²) in [6.07, 6.45) is 4.05. The number of hydrogen-bond acceptors (Lipinski definition) is 4. The maximum absolute atomic E-state index is 13.6. The van der Waals surface area contributed by atoms with Crippen molar-refractivity contribution in [1.82, 2.24) is 5.32 Å². The van der Waals surface area contributed by atoms with Gasteiger partial charge in [-0.15, -0.1) is 0 Å². The van der Waals surface area contributed by atoms with E-state index in [-0.39, 0.29) is 6.04 Å². The Balaban J connectivity index is 1.79. The zero-order chi connectivity index (χ0) is 21.3. The van der Waals surface area contributed by atoms with E-state index in [4.69, 9.17) is 4.74 Å². The molecule has 2 aromatic rings. The molecule has 0 aromatic heterocycles. The van der Waals surface area contributed by atoms with Crippen molar-refractivity contribution in [1.29, 1.82) is 0 Å². The van der Waals surface area contributed by atoms with Crippen LogP contribution in [0.2, 0.25) is 0 Å². The van der Waals surface area contributed by atoms with Crippen molar-refractivity contribution in [2.24, 2.45) is 5.92 Å². The molecular formula is C23H27N3O4. The molecule has 2 aliphatic rings. The largest absolute Gasteiger partial charge is 0.497 e. The second-order valence-electron chi connectivity index (χ2n) is 8.03. The van der Waals surface area contributed by atoms with Crippen molar-refractivity contribution in [2.75, 3.05) is 17.3 Å². The number of carbonyl (C=O) groups is 2. The summed E-state index contributed by atoms with van der Waals surface area (Å²) in [6, 6.07) is 12.9. The second kappa shape index (κ2) is 7.99. The summed E-state index contributed by atoms with van der Waals surface area (Å²) < 4.78 is 5.27. The summed E-state index contributed by atoms with van der Waals surface area (Å²) >= 11 is 0. The molecule has 7 heteroatoms. The van der Waals surface area contributed by atoms with Gasteiger partial charge in [0, 0.05) is 17.7 Å². The molecule has 4 rings (SSSR count). The number of nitrogens with zero attached hydrogens (tertiary/aromatic N) is 1. The van der Waals surface area contributed by atoms with E-state index in [0.29, 0.717) is 28.6 Å². The maximum atomic E-state index is 13.6. The minimum Gasteiger partial charge on any atom is -0.497 e. The lowest BCUT2D eigenvalue weighted by molar-refractivity contribution is -0.141. The Kier molecular flexibility index (Phi) is 5.39. The number of methoxy groups -OCH3 is 1. The van der Waals surface area contributed by atoms with E-state index in [2.05, 4.69) is 17.6 Å². The predicted molar refractivity (Wildman–Crippen MR) is 114 cm³/mol. The molecule has 0 unspecified atom stereocenters. The quantitative estimate of drug-likeness (QED) is 0.720. The Bertz CT molecular complexity index is 963. The normalized spacial score (nSPS) is 25.8. The van der Waals surface area contributed by atoms with Crippen molar-refractivity contribution in [3.63, 3.8) is 0 Å².